The van der Waals surface area contributed by atoms with Crippen LogP contribution in [0.5, 0.6) is 0 Å². The predicted octanol–water partition coefficient (Wildman–Crippen LogP) is 1.05. The van der Waals surface area contributed by atoms with Crippen LogP contribution in [-0.4, -0.2) is 37.6 Å². The van der Waals surface area contributed by atoms with Crippen molar-refractivity contribution >= 4 is 39.1 Å². The minimum atomic E-state index is -3.87. The molecule has 1 atom stereocenters. The van der Waals surface area contributed by atoms with E-state index >= 15 is 0 Å². The van der Waals surface area contributed by atoms with Crippen molar-refractivity contribution in [2.24, 2.45) is 5.14 Å². The zero-order chi connectivity index (χ0) is 19.1. The van der Waals surface area contributed by atoms with E-state index in [0.717, 1.165) is 4.90 Å². The monoisotopic (exact) mass is 393 g/mol. The molecule has 0 saturated carbocycles. The maximum Gasteiger partial charge on any atom is 0.325 e. The number of benzene rings is 1. The zero-order valence-corrected chi connectivity index (χ0v) is 15.3. The number of hydrogen-bond donors (Lipinski definition) is 2. The number of imide groups is 1. The van der Waals surface area contributed by atoms with Crippen LogP contribution in [0, 0.1) is 0 Å². The van der Waals surface area contributed by atoms with Crippen LogP contribution in [0.3, 0.4) is 0 Å². The van der Waals surface area contributed by atoms with E-state index in [1.807, 2.05) is 0 Å². The number of rotatable bonds is 5. The lowest BCUT2D eigenvalue weighted by molar-refractivity contribution is -0.130. The summed E-state index contributed by atoms with van der Waals surface area (Å²) in [6, 6.07) is 7.98. The smallest absolute Gasteiger partial charge is 0.319 e. The molecule has 1 aliphatic rings. The molecule has 1 saturated heterocycles. The summed E-state index contributed by atoms with van der Waals surface area (Å²) in [7, 11) is -3.87. The first kappa shape index (κ1) is 18.2. The van der Waals surface area contributed by atoms with Gasteiger partial charge >= 0.3 is 6.03 Å². The second-order valence-corrected chi connectivity index (χ2v) is 8.43. The summed E-state index contributed by atoms with van der Waals surface area (Å²) in [5.74, 6) is -0.923. The molecule has 0 radical (unpaired) electrons. The first-order chi connectivity index (χ1) is 12.1. The van der Waals surface area contributed by atoms with Crippen LogP contribution in [0.1, 0.15) is 22.2 Å². The topological polar surface area (TPSA) is 127 Å². The molecule has 3 rings (SSSR count). The quantitative estimate of drug-likeness (QED) is 0.580. The second-order valence-electron chi connectivity index (χ2n) is 5.92. The van der Waals surface area contributed by atoms with Crippen molar-refractivity contribution in [3.8, 4) is 0 Å². The Bertz CT molecular complexity index is 983. The summed E-state index contributed by atoms with van der Waals surface area (Å²) in [5, 5.41) is 9.35. The molecular formula is C16H15N3O5S2. The van der Waals surface area contributed by atoms with E-state index in [4.69, 9.17) is 5.14 Å². The van der Waals surface area contributed by atoms with Crippen LogP contribution in [0.2, 0.25) is 0 Å². The van der Waals surface area contributed by atoms with Gasteiger partial charge in [-0.15, -0.1) is 11.3 Å². The third-order valence-corrected chi connectivity index (χ3v) is 5.97. The summed E-state index contributed by atoms with van der Waals surface area (Å²) in [6.07, 6.45) is 0. The number of nitrogens with one attached hydrogen (secondary N) is 1. The van der Waals surface area contributed by atoms with Gasteiger partial charge in [0.15, 0.2) is 5.78 Å². The van der Waals surface area contributed by atoms with E-state index < -0.39 is 27.5 Å². The van der Waals surface area contributed by atoms with Gasteiger partial charge in [-0.3, -0.25) is 14.5 Å². The molecule has 0 aliphatic carbocycles. The molecule has 1 aliphatic heterocycles. The summed E-state index contributed by atoms with van der Waals surface area (Å²) in [5.41, 5.74) is -1.02. The Hall–Kier alpha value is -2.56. The van der Waals surface area contributed by atoms with Crippen molar-refractivity contribution in [2.75, 3.05) is 6.54 Å². The first-order valence-corrected chi connectivity index (χ1v) is 9.90. The molecule has 136 valence electrons. The van der Waals surface area contributed by atoms with Crippen LogP contribution in [0.4, 0.5) is 4.79 Å². The molecule has 1 unspecified atom stereocenters. The number of sulfonamides is 1. The summed E-state index contributed by atoms with van der Waals surface area (Å²) >= 11 is 1.23. The Morgan fingerprint density at radius 1 is 1.23 bits per heavy atom. The predicted molar refractivity (Wildman–Crippen MR) is 94.1 cm³/mol. The number of urea groups is 1. The number of carbonyl (C=O) groups excluding carboxylic acids is 3. The molecule has 2 heterocycles. The maximum absolute atomic E-state index is 12.8. The van der Waals surface area contributed by atoms with Gasteiger partial charge in [0.2, 0.25) is 10.0 Å². The van der Waals surface area contributed by atoms with Gasteiger partial charge in [-0.25, -0.2) is 18.4 Å². The molecule has 26 heavy (non-hydrogen) atoms. The van der Waals surface area contributed by atoms with Crippen LogP contribution in [0.15, 0.2) is 46.7 Å². The van der Waals surface area contributed by atoms with Gasteiger partial charge in [0.1, 0.15) is 5.54 Å². The second kappa shape index (κ2) is 6.31. The van der Waals surface area contributed by atoms with Gasteiger partial charge < -0.3 is 5.32 Å². The molecule has 1 fully saturated rings. The summed E-state index contributed by atoms with van der Waals surface area (Å²) in [6.45, 7) is 1.13. The van der Waals surface area contributed by atoms with Gasteiger partial charge in [0, 0.05) is 0 Å². The molecular weight excluding hydrogens is 378 g/mol. The van der Waals surface area contributed by atoms with Gasteiger partial charge in [-0.05, 0) is 36.1 Å². The number of ketones is 1. The van der Waals surface area contributed by atoms with E-state index in [-0.39, 0.29) is 17.2 Å². The number of carbonyl (C=O) groups is 3. The Balaban J connectivity index is 1.86. The van der Waals surface area contributed by atoms with Crippen molar-refractivity contribution < 1.29 is 22.8 Å². The highest BCUT2D eigenvalue weighted by Gasteiger charge is 2.49. The van der Waals surface area contributed by atoms with Crippen molar-refractivity contribution in [3.05, 3.63) is 52.2 Å². The Labute approximate surface area is 153 Å². The fraction of sp³-hybridized carbons (Fsp3) is 0.188. The number of nitrogens with zero attached hydrogens (tertiary/aromatic N) is 1. The first-order valence-electron chi connectivity index (χ1n) is 7.47. The number of hydrogen-bond acceptors (Lipinski definition) is 6. The third kappa shape index (κ3) is 3.14. The fourth-order valence-corrected chi connectivity index (χ4v) is 3.85. The largest absolute Gasteiger partial charge is 0.325 e. The summed E-state index contributed by atoms with van der Waals surface area (Å²) < 4.78 is 22.7. The van der Waals surface area contributed by atoms with Crippen molar-refractivity contribution in [2.45, 2.75) is 17.4 Å². The standard InChI is InChI=1S/C16H15N3O5S2/c1-16(10-4-6-11(7-5-10)26(17,23)24)14(21)19(15(22)18-16)9-12(20)13-3-2-8-25-13/h2-8H,9H2,1H3,(H,18,22)(H2,17,23,24). The van der Waals surface area contributed by atoms with Crippen LogP contribution >= 0.6 is 11.3 Å². The van der Waals surface area contributed by atoms with Gasteiger partial charge in [-0.1, -0.05) is 18.2 Å². The average Bonchev–Trinajstić information content (AvgIpc) is 3.18. The summed E-state index contributed by atoms with van der Waals surface area (Å²) in [4.78, 5) is 38.4. The number of Topliss-reactive ketones (excluding diaryl/α,β-unsaturated/α-hetero) is 1. The van der Waals surface area contributed by atoms with Gasteiger partial charge in [0.05, 0.1) is 16.3 Å². The molecule has 8 nitrogen and oxygen atoms in total. The maximum atomic E-state index is 12.8. The molecule has 1 aromatic heterocycles. The third-order valence-electron chi connectivity index (χ3n) is 4.13. The molecule has 3 amide bonds. The molecule has 10 heteroatoms. The SMILES string of the molecule is CC1(c2ccc(S(N)(=O)=O)cc2)NC(=O)N(CC(=O)c2cccs2)C1=O. The molecule has 3 N–H and O–H groups in total. The van der Waals surface area contributed by atoms with Crippen molar-refractivity contribution in [1.82, 2.24) is 10.2 Å². The average molecular weight is 393 g/mol. The highest BCUT2D eigenvalue weighted by atomic mass is 32.2. The molecule has 0 spiro atoms. The number of nitrogens with two attached hydrogens (primary N) is 1. The fourth-order valence-electron chi connectivity index (χ4n) is 2.67. The number of thiophene rings is 1. The van der Waals surface area contributed by atoms with Gasteiger partial charge in [-0.2, -0.15) is 0 Å². The van der Waals surface area contributed by atoms with Gasteiger partial charge in [0.25, 0.3) is 5.91 Å². The van der Waals surface area contributed by atoms with Crippen molar-refractivity contribution in [1.29, 1.82) is 0 Å². The van der Waals surface area contributed by atoms with E-state index in [9.17, 15) is 22.8 Å². The van der Waals surface area contributed by atoms with E-state index in [2.05, 4.69) is 5.32 Å². The lowest BCUT2D eigenvalue weighted by atomic mass is 9.92. The Morgan fingerprint density at radius 3 is 2.42 bits per heavy atom. The highest BCUT2D eigenvalue weighted by molar-refractivity contribution is 7.89. The Morgan fingerprint density at radius 2 is 1.88 bits per heavy atom. The molecule has 1 aromatic carbocycles. The van der Waals surface area contributed by atoms with E-state index in [0.29, 0.717) is 10.4 Å². The van der Waals surface area contributed by atoms with Crippen LogP contribution < -0.4 is 10.5 Å². The normalized spacial score (nSPS) is 20.3. The molecule has 0 bridgehead atoms. The lowest BCUT2D eigenvalue weighted by Gasteiger charge is -2.22. The highest BCUT2D eigenvalue weighted by Crippen LogP contribution is 2.29. The minimum absolute atomic E-state index is 0.105. The zero-order valence-electron chi connectivity index (χ0n) is 13.6. The number of amides is 3. The molecule has 2 aromatic rings. The Kier molecular flexibility index (Phi) is 4.42. The number of primary sulfonamides is 1. The van der Waals surface area contributed by atoms with Crippen molar-refractivity contribution in [3.63, 3.8) is 0 Å². The lowest BCUT2D eigenvalue weighted by Crippen LogP contribution is -2.41. The van der Waals surface area contributed by atoms with Crippen LogP contribution in [-0.2, 0) is 20.4 Å². The van der Waals surface area contributed by atoms with E-state index in [1.165, 1.54) is 42.5 Å². The van der Waals surface area contributed by atoms with Crippen LogP contribution in [0.25, 0.3) is 0 Å². The minimum Gasteiger partial charge on any atom is -0.319 e. The van der Waals surface area contributed by atoms with E-state index in [1.54, 1.807) is 17.5 Å².